The van der Waals surface area contributed by atoms with Crippen LogP contribution in [0.2, 0.25) is 0 Å². The lowest BCUT2D eigenvalue weighted by Gasteiger charge is -2.19. The Morgan fingerprint density at radius 3 is 2.55 bits per heavy atom. The van der Waals surface area contributed by atoms with Gasteiger partial charge < -0.3 is 16.0 Å². The number of aromatic nitrogens is 1. The molecular weight excluding hydrogens is 398 g/mol. The number of pyridine rings is 1. The Morgan fingerprint density at radius 1 is 1.03 bits per heavy atom. The fourth-order valence-electron chi connectivity index (χ4n) is 4.34. The van der Waals surface area contributed by atoms with Gasteiger partial charge in [-0.05, 0) is 53.8 Å². The van der Waals surface area contributed by atoms with E-state index in [0.717, 1.165) is 23.2 Å². The Hall–Kier alpha value is -3.48. The molecular formula is C24H22F2N4O. The van der Waals surface area contributed by atoms with Crippen molar-refractivity contribution in [2.75, 3.05) is 30.3 Å². The van der Waals surface area contributed by atoms with Gasteiger partial charge in [0.2, 0.25) is 5.95 Å². The average Bonchev–Trinajstić information content (AvgIpc) is 3.20. The lowest BCUT2D eigenvalue weighted by atomic mass is 9.94. The fourth-order valence-corrected chi connectivity index (χ4v) is 4.34. The quantitative estimate of drug-likeness (QED) is 0.629. The maximum atomic E-state index is 14.7. The van der Waals surface area contributed by atoms with Crippen LogP contribution in [0.4, 0.5) is 20.3 Å². The highest BCUT2D eigenvalue weighted by atomic mass is 19.1. The number of rotatable bonds is 3. The van der Waals surface area contributed by atoms with E-state index in [4.69, 9.17) is 5.73 Å². The minimum absolute atomic E-state index is 0.0872. The number of nitrogens with two attached hydrogens (primary N) is 1. The second-order valence-electron chi connectivity index (χ2n) is 8.02. The summed E-state index contributed by atoms with van der Waals surface area (Å²) in [5, 5.41) is 2.82. The van der Waals surface area contributed by atoms with E-state index < -0.39 is 12.1 Å². The van der Waals surface area contributed by atoms with Crippen molar-refractivity contribution in [1.29, 1.82) is 0 Å². The van der Waals surface area contributed by atoms with Crippen LogP contribution >= 0.6 is 0 Å². The van der Waals surface area contributed by atoms with Crippen LogP contribution in [0.1, 0.15) is 22.3 Å². The number of alkyl halides is 1. The van der Waals surface area contributed by atoms with Crippen molar-refractivity contribution < 1.29 is 13.6 Å². The van der Waals surface area contributed by atoms with Crippen molar-refractivity contribution in [3.05, 3.63) is 65.6 Å². The third-order valence-corrected chi connectivity index (χ3v) is 6.02. The number of nitrogen functional groups attached to an aromatic ring is 1. The van der Waals surface area contributed by atoms with Gasteiger partial charge in [0.05, 0.1) is 0 Å². The number of fused-ring (bicyclic) bond motifs is 1. The maximum absolute atomic E-state index is 14.7. The van der Waals surface area contributed by atoms with Gasteiger partial charge in [-0.1, -0.05) is 24.3 Å². The number of carbonyl (C=O) groups excluding carboxylic acids is 1. The van der Waals surface area contributed by atoms with Crippen LogP contribution in [-0.2, 0) is 6.42 Å². The minimum Gasteiger partial charge on any atom is -0.383 e. The van der Waals surface area contributed by atoms with Crippen LogP contribution < -0.4 is 16.0 Å². The fraction of sp³-hybridized carbons (Fsp3) is 0.250. The van der Waals surface area contributed by atoms with Crippen molar-refractivity contribution in [3.63, 3.8) is 0 Å². The SMILES string of the molecule is Nc1nc(F)c(-c2ccc(N3CC[C@H](F)C3)cc2)cc1-c1ccc2c(c1)CCNC2=O. The topological polar surface area (TPSA) is 71.2 Å². The summed E-state index contributed by atoms with van der Waals surface area (Å²) < 4.78 is 28.2. The van der Waals surface area contributed by atoms with E-state index in [-0.39, 0.29) is 11.7 Å². The lowest BCUT2D eigenvalue weighted by Crippen LogP contribution is -2.31. The molecule has 5 nitrogen and oxygen atoms in total. The van der Waals surface area contributed by atoms with Crippen molar-refractivity contribution in [2.45, 2.75) is 19.0 Å². The van der Waals surface area contributed by atoms with Crippen LogP contribution in [0.15, 0.2) is 48.5 Å². The van der Waals surface area contributed by atoms with E-state index in [1.807, 2.05) is 41.3 Å². The number of hydrogen-bond acceptors (Lipinski definition) is 4. The van der Waals surface area contributed by atoms with E-state index in [1.165, 1.54) is 0 Å². The van der Waals surface area contributed by atoms with Gasteiger partial charge in [0, 0.05) is 42.0 Å². The van der Waals surface area contributed by atoms with Crippen LogP contribution in [0.5, 0.6) is 0 Å². The summed E-state index contributed by atoms with van der Waals surface area (Å²) in [7, 11) is 0. The van der Waals surface area contributed by atoms with Crippen LogP contribution in [0.25, 0.3) is 22.3 Å². The zero-order valence-corrected chi connectivity index (χ0v) is 16.9. The largest absolute Gasteiger partial charge is 0.383 e. The highest BCUT2D eigenvalue weighted by molar-refractivity contribution is 5.97. The molecule has 0 radical (unpaired) electrons. The molecule has 1 amide bonds. The first-order chi connectivity index (χ1) is 15.0. The Balaban J connectivity index is 1.50. The van der Waals surface area contributed by atoms with Crippen molar-refractivity contribution in [3.8, 4) is 22.3 Å². The zero-order valence-electron chi connectivity index (χ0n) is 16.9. The summed E-state index contributed by atoms with van der Waals surface area (Å²) in [5.41, 5.74) is 11.0. The summed E-state index contributed by atoms with van der Waals surface area (Å²) in [5.74, 6) is -0.628. The van der Waals surface area contributed by atoms with E-state index in [0.29, 0.717) is 48.3 Å². The van der Waals surface area contributed by atoms with Crippen LogP contribution in [-0.4, -0.2) is 36.7 Å². The van der Waals surface area contributed by atoms with Crippen LogP contribution in [0.3, 0.4) is 0 Å². The standard InChI is InChI=1S/C24H22F2N4O/c25-17-8-10-30(13-17)18-4-1-14(2-5-18)20-12-21(23(27)29-22(20)26)15-3-6-19-16(11-15)7-9-28-24(19)31/h1-6,11-12,17H,7-10,13H2,(H2,27,29)(H,28,31)/t17-/m0/s1. The van der Waals surface area contributed by atoms with Gasteiger partial charge in [-0.25, -0.2) is 9.37 Å². The Labute approximate surface area is 178 Å². The molecule has 2 aromatic carbocycles. The predicted molar refractivity (Wildman–Crippen MR) is 117 cm³/mol. The third kappa shape index (κ3) is 3.60. The second-order valence-corrected chi connectivity index (χ2v) is 8.02. The maximum Gasteiger partial charge on any atom is 0.251 e. The molecule has 0 aliphatic carbocycles. The Kier molecular flexibility index (Phi) is 4.81. The van der Waals surface area contributed by atoms with Gasteiger partial charge in [-0.3, -0.25) is 4.79 Å². The molecule has 0 saturated carbocycles. The first-order valence-corrected chi connectivity index (χ1v) is 10.4. The van der Waals surface area contributed by atoms with E-state index in [2.05, 4.69) is 10.3 Å². The number of nitrogens with zero attached hydrogens (tertiary/aromatic N) is 2. The predicted octanol–water partition coefficient (Wildman–Crippen LogP) is 3.97. The first kappa shape index (κ1) is 19.5. The molecule has 1 aromatic heterocycles. The van der Waals surface area contributed by atoms with E-state index in [1.54, 1.807) is 12.1 Å². The molecule has 3 heterocycles. The number of hydrogen-bond donors (Lipinski definition) is 2. The number of anilines is 2. The molecule has 3 N–H and O–H groups in total. The first-order valence-electron chi connectivity index (χ1n) is 10.4. The molecule has 1 fully saturated rings. The monoisotopic (exact) mass is 420 g/mol. The normalized spacial score (nSPS) is 18.1. The molecule has 31 heavy (non-hydrogen) atoms. The van der Waals surface area contributed by atoms with Crippen molar-refractivity contribution >= 4 is 17.4 Å². The van der Waals surface area contributed by atoms with Gasteiger partial charge in [0.25, 0.3) is 5.91 Å². The summed E-state index contributed by atoms with van der Waals surface area (Å²) in [6, 6.07) is 14.6. The molecule has 5 rings (SSSR count). The third-order valence-electron chi connectivity index (χ3n) is 6.02. The van der Waals surface area contributed by atoms with Gasteiger partial charge >= 0.3 is 0 Å². The average molecular weight is 420 g/mol. The lowest BCUT2D eigenvalue weighted by molar-refractivity contribution is 0.0946. The van der Waals surface area contributed by atoms with Crippen molar-refractivity contribution in [1.82, 2.24) is 10.3 Å². The summed E-state index contributed by atoms with van der Waals surface area (Å²) in [4.78, 5) is 17.9. The van der Waals surface area contributed by atoms with Crippen LogP contribution in [0, 0.1) is 5.95 Å². The molecule has 7 heteroatoms. The Morgan fingerprint density at radius 2 is 1.81 bits per heavy atom. The molecule has 0 spiro atoms. The number of nitrogens with one attached hydrogen (secondary N) is 1. The summed E-state index contributed by atoms with van der Waals surface area (Å²) >= 11 is 0. The van der Waals surface area contributed by atoms with Gasteiger partial charge in [0.1, 0.15) is 12.0 Å². The molecule has 0 bridgehead atoms. The van der Waals surface area contributed by atoms with E-state index in [9.17, 15) is 13.6 Å². The molecule has 0 unspecified atom stereocenters. The zero-order chi connectivity index (χ0) is 21.5. The Bertz CT molecular complexity index is 1160. The smallest absolute Gasteiger partial charge is 0.251 e. The van der Waals surface area contributed by atoms with Gasteiger partial charge in [0.15, 0.2) is 0 Å². The van der Waals surface area contributed by atoms with Crippen molar-refractivity contribution in [2.24, 2.45) is 0 Å². The van der Waals surface area contributed by atoms with Gasteiger partial charge in [-0.15, -0.1) is 0 Å². The number of halogens is 2. The molecule has 3 aromatic rings. The molecule has 2 aliphatic heterocycles. The molecule has 158 valence electrons. The van der Waals surface area contributed by atoms with E-state index >= 15 is 0 Å². The summed E-state index contributed by atoms with van der Waals surface area (Å²) in [6.07, 6.45) is 0.460. The molecule has 1 saturated heterocycles. The minimum atomic E-state index is -0.802. The summed E-state index contributed by atoms with van der Waals surface area (Å²) in [6.45, 7) is 1.65. The molecule has 1 atom stereocenters. The second kappa shape index (κ2) is 7.65. The molecule has 2 aliphatic rings. The number of amides is 1. The highest BCUT2D eigenvalue weighted by Gasteiger charge is 2.22. The highest BCUT2D eigenvalue weighted by Crippen LogP contribution is 2.34. The number of benzene rings is 2. The van der Waals surface area contributed by atoms with Gasteiger partial charge in [-0.2, -0.15) is 4.39 Å². The number of carbonyl (C=O) groups is 1.